The molecule has 0 heterocycles. The largest absolute Gasteiger partial charge is 0.495 e. The summed E-state index contributed by atoms with van der Waals surface area (Å²) in [5.41, 5.74) is 0.894. The van der Waals surface area contributed by atoms with Crippen LogP contribution in [0.3, 0.4) is 0 Å². The molecule has 0 aliphatic heterocycles. The van der Waals surface area contributed by atoms with Crippen molar-refractivity contribution in [2.24, 2.45) is 0 Å². The molecule has 2 aromatic rings. The number of sulfonamides is 1. The minimum Gasteiger partial charge on any atom is -0.495 e. The Hall–Kier alpha value is -2.42. The normalized spacial score (nSPS) is 11.4. The molecule has 8 heteroatoms. The van der Waals surface area contributed by atoms with Gasteiger partial charge in [0.25, 0.3) is 5.91 Å². The van der Waals surface area contributed by atoms with Crippen LogP contribution in [0.25, 0.3) is 0 Å². The van der Waals surface area contributed by atoms with Crippen LogP contribution in [-0.2, 0) is 10.0 Å². The van der Waals surface area contributed by atoms with Gasteiger partial charge in [-0.3, -0.25) is 4.79 Å². The Morgan fingerprint density at radius 1 is 1.08 bits per heavy atom. The van der Waals surface area contributed by atoms with E-state index in [1.54, 1.807) is 24.3 Å². The first kappa shape index (κ1) is 19.9. The van der Waals surface area contributed by atoms with Gasteiger partial charge in [-0.25, -0.2) is 13.1 Å². The number of methoxy groups -OCH3 is 1. The summed E-state index contributed by atoms with van der Waals surface area (Å²) in [5.74, 6) is 0.198. The minimum absolute atomic E-state index is 0.116. The van der Waals surface area contributed by atoms with E-state index in [-0.39, 0.29) is 10.8 Å². The number of nitrogens with zero attached hydrogens (tertiary/aromatic N) is 1. The highest BCUT2D eigenvalue weighted by Gasteiger charge is 2.15. The molecule has 26 heavy (non-hydrogen) atoms. The van der Waals surface area contributed by atoms with Crippen LogP contribution in [0.5, 0.6) is 5.75 Å². The lowest BCUT2D eigenvalue weighted by molar-refractivity contribution is 0.102. The number of amides is 1. The molecule has 0 bridgehead atoms. The van der Waals surface area contributed by atoms with Gasteiger partial charge in [-0.05, 0) is 50.5 Å². The third-order valence-electron chi connectivity index (χ3n) is 3.63. The van der Waals surface area contributed by atoms with Crippen LogP contribution in [0, 0.1) is 0 Å². The molecule has 0 fully saturated rings. The summed E-state index contributed by atoms with van der Waals surface area (Å²) in [6, 6.07) is 12.8. The molecule has 2 rings (SSSR count). The number of hydrogen-bond acceptors (Lipinski definition) is 5. The SMILES string of the molecule is COc1ccccc1NC(=O)c1ccc(S(=O)(=O)NCCN(C)C)cc1. The third kappa shape index (κ3) is 5.29. The molecule has 0 atom stereocenters. The molecule has 1 amide bonds. The van der Waals surface area contributed by atoms with Gasteiger partial charge in [0, 0.05) is 18.7 Å². The van der Waals surface area contributed by atoms with Crippen LogP contribution in [0.1, 0.15) is 10.4 Å². The number of rotatable bonds is 8. The van der Waals surface area contributed by atoms with Crippen molar-refractivity contribution < 1.29 is 17.9 Å². The predicted molar refractivity (Wildman–Crippen MR) is 101 cm³/mol. The number of ether oxygens (including phenoxy) is 1. The zero-order valence-electron chi connectivity index (χ0n) is 15.0. The van der Waals surface area contributed by atoms with Crippen molar-refractivity contribution in [3.63, 3.8) is 0 Å². The van der Waals surface area contributed by atoms with Gasteiger partial charge in [-0.15, -0.1) is 0 Å². The Morgan fingerprint density at radius 2 is 1.73 bits per heavy atom. The molecule has 2 N–H and O–H groups in total. The summed E-state index contributed by atoms with van der Waals surface area (Å²) in [4.78, 5) is 14.4. The quantitative estimate of drug-likeness (QED) is 0.732. The van der Waals surface area contributed by atoms with E-state index in [4.69, 9.17) is 4.74 Å². The van der Waals surface area contributed by atoms with E-state index in [0.29, 0.717) is 30.1 Å². The Morgan fingerprint density at radius 3 is 2.35 bits per heavy atom. The maximum atomic E-state index is 12.4. The van der Waals surface area contributed by atoms with Gasteiger partial charge in [0.05, 0.1) is 17.7 Å². The zero-order chi connectivity index (χ0) is 19.2. The molecule has 0 aromatic heterocycles. The van der Waals surface area contributed by atoms with Crippen LogP contribution in [0.15, 0.2) is 53.4 Å². The summed E-state index contributed by atoms with van der Waals surface area (Å²) in [5, 5.41) is 2.75. The number of hydrogen-bond donors (Lipinski definition) is 2. The lowest BCUT2D eigenvalue weighted by Crippen LogP contribution is -2.31. The molecule has 0 aliphatic rings. The molecule has 0 unspecified atom stereocenters. The second-order valence-electron chi connectivity index (χ2n) is 5.88. The first-order chi connectivity index (χ1) is 12.3. The highest BCUT2D eigenvalue weighted by Crippen LogP contribution is 2.23. The molecule has 0 spiro atoms. The lowest BCUT2D eigenvalue weighted by Gasteiger charge is -2.12. The minimum atomic E-state index is -3.60. The molecular formula is C18H23N3O4S. The zero-order valence-corrected chi connectivity index (χ0v) is 15.8. The molecule has 140 valence electrons. The van der Waals surface area contributed by atoms with Crippen molar-refractivity contribution in [3.8, 4) is 5.75 Å². The summed E-state index contributed by atoms with van der Waals surface area (Å²) in [7, 11) is 1.65. The van der Waals surface area contributed by atoms with Crippen molar-refractivity contribution in [2.45, 2.75) is 4.90 Å². The maximum absolute atomic E-state index is 12.4. The predicted octanol–water partition coefficient (Wildman–Crippen LogP) is 1.79. The van der Waals surface area contributed by atoms with Gasteiger partial charge >= 0.3 is 0 Å². The summed E-state index contributed by atoms with van der Waals surface area (Å²) in [6.45, 7) is 0.907. The van der Waals surface area contributed by atoms with Crippen LogP contribution in [0.2, 0.25) is 0 Å². The lowest BCUT2D eigenvalue weighted by atomic mass is 10.2. The van der Waals surface area contributed by atoms with E-state index in [1.807, 2.05) is 19.0 Å². The van der Waals surface area contributed by atoms with Crippen molar-refractivity contribution in [2.75, 3.05) is 39.6 Å². The summed E-state index contributed by atoms with van der Waals surface area (Å²) in [6.07, 6.45) is 0. The van der Waals surface area contributed by atoms with Gasteiger partial charge in [0.15, 0.2) is 0 Å². The van der Waals surface area contributed by atoms with E-state index >= 15 is 0 Å². The molecule has 0 radical (unpaired) electrons. The first-order valence-corrected chi connectivity index (χ1v) is 9.50. The summed E-state index contributed by atoms with van der Waals surface area (Å²) < 4.78 is 32.2. The Bertz CT molecular complexity index is 849. The smallest absolute Gasteiger partial charge is 0.255 e. The van der Waals surface area contributed by atoms with Crippen LogP contribution in [0.4, 0.5) is 5.69 Å². The average Bonchev–Trinajstić information content (AvgIpc) is 2.61. The van der Waals surface area contributed by atoms with Gasteiger partial charge in [0.2, 0.25) is 10.0 Å². The van der Waals surface area contributed by atoms with E-state index in [1.165, 1.54) is 31.4 Å². The average molecular weight is 377 g/mol. The third-order valence-corrected chi connectivity index (χ3v) is 5.11. The summed E-state index contributed by atoms with van der Waals surface area (Å²) >= 11 is 0. The van der Waals surface area contributed by atoms with Crippen molar-refractivity contribution >= 4 is 21.6 Å². The van der Waals surface area contributed by atoms with Crippen LogP contribution in [-0.4, -0.2) is 53.5 Å². The Kier molecular flexibility index (Phi) is 6.73. The number of benzene rings is 2. The number of anilines is 1. The standard InChI is InChI=1S/C18H23N3O4S/c1-21(2)13-12-19-26(23,24)15-10-8-14(9-11-15)18(22)20-16-6-4-5-7-17(16)25-3/h4-11,19H,12-13H2,1-3H3,(H,20,22). The first-order valence-electron chi connectivity index (χ1n) is 8.02. The highest BCUT2D eigenvalue weighted by atomic mass is 32.2. The second kappa shape index (κ2) is 8.79. The fourth-order valence-corrected chi connectivity index (χ4v) is 3.24. The van der Waals surface area contributed by atoms with Crippen molar-refractivity contribution in [1.82, 2.24) is 9.62 Å². The fourth-order valence-electron chi connectivity index (χ4n) is 2.21. The molecule has 0 saturated heterocycles. The van der Waals surface area contributed by atoms with E-state index in [9.17, 15) is 13.2 Å². The van der Waals surface area contributed by atoms with Gasteiger partial charge in [-0.1, -0.05) is 12.1 Å². The van der Waals surface area contributed by atoms with Gasteiger partial charge in [-0.2, -0.15) is 0 Å². The van der Waals surface area contributed by atoms with E-state index in [0.717, 1.165) is 0 Å². The molecular weight excluding hydrogens is 354 g/mol. The monoisotopic (exact) mass is 377 g/mol. The van der Waals surface area contributed by atoms with Crippen molar-refractivity contribution in [3.05, 3.63) is 54.1 Å². The van der Waals surface area contributed by atoms with Crippen LogP contribution < -0.4 is 14.8 Å². The molecule has 0 aliphatic carbocycles. The van der Waals surface area contributed by atoms with Crippen molar-refractivity contribution in [1.29, 1.82) is 0 Å². The fraction of sp³-hybridized carbons (Fsp3) is 0.278. The number of nitrogens with one attached hydrogen (secondary N) is 2. The molecule has 7 nitrogen and oxygen atoms in total. The number of para-hydroxylation sites is 2. The maximum Gasteiger partial charge on any atom is 0.255 e. The number of likely N-dealkylation sites (N-methyl/N-ethyl adjacent to an activating group) is 1. The number of carbonyl (C=O) groups excluding carboxylic acids is 1. The Labute approximate surface area is 154 Å². The molecule has 2 aromatic carbocycles. The van der Waals surface area contributed by atoms with E-state index in [2.05, 4.69) is 10.0 Å². The van der Waals surface area contributed by atoms with Gasteiger partial charge < -0.3 is 15.0 Å². The Balaban J connectivity index is 2.07. The second-order valence-corrected chi connectivity index (χ2v) is 7.65. The number of carbonyl (C=O) groups is 1. The topological polar surface area (TPSA) is 87.7 Å². The molecule has 0 saturated carbocycles. The van der Waals surface area contributed by atoms with E-state index < -0.39 is 10.0 Å². The van der Waals surface area contributed by atoms with Gasteiger partial charge in [0.1, 0.15) is 5.75 Å². The van der Waals surface area contributed by atoms with Crippen LogP contribution >= 0.6 is 0 Å². The highest BCUT2D eigenvalue weighted by molar-refractivity contribution is 7.89.